The Balaban J connectivity index is 2.16. The maximum Gasteiger partial charge on any atom is 0.247 e. The van der Waals surface area contributed by atoms with Gasteiger partial charge in [0.05, 0.1) is 5.57 Å². The summed E-state index contributed by atoms with van der Waals surface area (Å²) in [6.07, 6.45) is 1.69. The second-order valence-corrected chi connectivity index (χ2v) is 7.45. The van der Waals surface area contributed by atoms with Crippen molar-refractivity contribution >= 4 is 17.4 Å². The van der Waals surface area contributed by atoms with E-state index < -0.39 is 5.41 Å². The van der Waals surface area contributed by atoms with E-state index in [0.29, 0.717) is 36.9 Å². The van der Waals surface area contributed by atoms with Gasteiger partial charge in [0, 0.05) is 49.6 Å². The first kappa shape index (κ1) is 18.3. The molecular weight excluding hydrogens is 354 g/mol. The molecule has 0 bridgehead atoms. The molecule has 2 aliphatic heterocycles. The van der Waals surface area contributed by atoms with E-state index in [9.17, 15) is 14.9 Å². The molecule has 1 spiro atoms. The number of fused-ring (bicyclic) bond motifs is 3. The predicted molar refractivity (Wildman–Crippen MR) is 104 cm³/mol. The van der Waals surface area contributed by atoms with E-state index in [1.165, 1.54) is 0 Å². The lowest BCUT2D eigenvalue weighted by atomic mass is 9.64. The molecule has 0 aromatic heterocycles. The second-order valence-electron chi connectivity index (χ2n) is 7.45. The summed E-state index contributed by atoms with van der Waals surface area (Å²) in [5.41, 5.74) is 7.68. The molecule has 3 aliphatic rings. The Bertz CT molecular complexity index is 1000. The third kappa shape index (κ3) is 2.01. The topological polar surface area (TPSA) is 93.7 Å². The third-order valence-corrected chi connectivity index (χ3v) is 5.87. The maximum absolute atomic E-state index is 13.8. The maximum atomic E-state index is 13.8. The fraction of sp³-hybridized carbons (Fsp3) is 0.381. The summed E-state index contributed by atoms with van der Waals surface area (Å²) in [6.45, 7) is 2.34. The molecule has 1 unspecified atom stereocenters. The van der Waals surface area contributed by atoms with Gasteiger partial charge in [0.2, 0.25) is 5.91 Å². The zero-order chi connectivity index (χ0) is 20.2. The van der Waals surface area contributed by atoms with Crippen molar-refractivity contribution in [3.8, 4) is 6.07 Å². The zero-order valence-corrected chi connectivity index (χ0v) is 16.3. The molecular formula is C21H23N5O2. The van der Waals surface area contributed by atoms with Crippen LogP contribution in [-0.2, 0) is 15.0 Å². The van der Waals surface area contributed by atoms with Gasteiger partial charge in [-0.2, -0.15) is 5.26 Å². The van der Waals surface area contributed by atoms with Crippen molar-refractivity contribution in [1.29, 1.82) is 5.26 Å². The molecule has 28 heavy (non-hydrogen) atoms. The van der Waals surface area contributed by atoms with Crippen molar-refractivity contribution in [1.82, 2.24) is 10.0 Å². The Kier molecular flexibility index (Phi) is 4.05. The number of benzene rings is 1. The van der Waals surface area contributed by atoms with E-state index in [-0.39, 0.29) is 23.1 Å². The first-order valence-corrected chi connectivity index (χ1v) is 9.47. The van der Waals surface area contributed by atoms with E-state index in [2.05, 4.69) is 6.07 Å². The van der Waals surface area contributed by atoms with Gasteiger partial charge in [-0.05, 0) is 25.8 Å². The van der Waals surface area contributed by atoms with Gasteiger partial charge in [-0.25, -0.2) is 5.01 Å². The number of anilines is 1. The highest BCUT2D eigenvalue weighted by molar-refractivity contribution is 6.20. The smallest absolute Gasteiger partial charge is 0.247 e. The molecule has 1 aliphatic carbocycles. The molecule has 2 heterocycles. The molecule has 1 aromatic carbocycles. The van der Waals surface area contributed by atoms with Crippen molar-refractivity contribution in [2.45, 2.75) is 31.6 Å². The molecule has 7 heteroatoms. The molecule has 0 fully saturated rings. The van der Waals surface area contributed by atoms with Crippen molar-refractivity contribution in [3.05, 3.63) is 52.5 Å². The molecule has 7 nitrogen and oxygen atoms in total. The molecule has 144 valence electrons. The van der Waals surface area contributed by atoms with Crippen LogP contribution in [0.25, 0.3) is 0 Å². The first-order valence-electron chi connectivity index (χ1n) is 9.47. The Labute approximate surface area is 164 Å². The molecule has 1 amide bonds. The minimum Gasteiger partial charge on any atom is -0.383 e. The van der Waals surface area contributed by atoms with Crippen LogP contribution in [0.15, 0.2) is 46.9 Å². The standard InChI is InChI=1S/C21H23N5O2/c1-4-25-15-9-6-5-8-13(15)21(20(25)28)14(12-22)19(23)26(24(2)3)16-10-7-11-17(27)18(16)21/h5-6,8-9H,4,7,10-11,23H2,1-3H3. The number of nitriles is 1. The SMILES string of the molecule is CCN1C(=O)C2(C(C#N)=C(N)N(N(C)C)C3=C2C(=O)CCC3)c2ccccc21. The molecule has 1 aromatic rings. The summed E-state index contributed by atoms with van der Waals surface area (Å²) in [5, 5.41) is 13.6. The second kappa shape index (κ2) is 6.21. The average Bonchev–Trinajstić information content (AvgIpc) is 2.91. The number of hydrogen-bond donors (Lipinski definition) is 1. The van der Waals surface area contributed by atoms with Crippen LogP contribution in [-0.4, -0.2) is 42.3 Å². The van der Waals surface area contributed by atoms with E-state index in [4.69, 9.17) is 5.73 Å². The van der Waals surface area contributed by atoms with Crippen LogP contribution in [0.5, 0.6) is 0 Å². The van der Waals surface area contributed by atoms with Crippen LogP contribution in [0.4, 0.5) is 5.69 Å². The van der Waals surface area contributed by atoms with Gasteiger partial charge in [-0.15, -0.1) is 0 Å². The number of amides is 1. The highest BCUT2D eigenvalue weighted by Gasteiger charge is 2.62. The molecule has 4 rings (SSSR count). The largest absolute Gasteiger partial charge is 0.383 e. The number of likely N-dealkylation sites (N-methyl/N-ethyl adjacent to an activating group) is 1. The third-order valence-electron chi connectivity index (χ3n) is 5.87. The monoisotopic (exact) mass is 377 g/mol. The van der Waals surface area contributed by atoms with Crippen molar-refractivity contribution in [2.75, 3.05) is 25.5 Å². The van der Waals surface area contributed by atoms with Gasteiger partial charge < -0.3 is 10.6 Å². The lowest BCUT2D eigenvalue weighted by molar-refractivity contribution is -0.124. The molecule has 0 saturated heterocycles. The predicted octanol–water partition coefficient (Wildman–Crippen LogP) is 1.78. The molecule has 0 saturated carbocycles. The van der Waals surface area contributed by atoms with Gasteiger partial charge >= 0.3 is 0 Å². The summed E-state index contributed by atoms with van der Waals surface area (Å²) in [5.74, 6) is -0.145. The quantitative estimate of drug-likeness (QED) is 0.844. The summed E-state index contributed by atoms with van der Waals surface area (Å²) in [7, 11) is 3.62. The van der Waals surface area contributed by atoms with E-state index in [0.717, 1.165) is 11.4 Å². The average molecular weight is 377 g/mol. The minimum atomic E-state index is -1.45. The van der Waals surface area contributed by atoms with Gasteiger partial charge in [0.15, 0.2) is 5.78 Å². The van der Waals surface area contributed by atoms with Crippen LogP contribution in [0.3, 0.4) is 0 Å². The van der Waals surface area contributed by atoms with Crippen LogP contribution >= 0.6 is 0 Å². The van der Waals surface area contributed by atoms with Crippen molar-refractivity contribution < 1.29 is 9.59 Å². The number of ketones is 1. The number of nitrogens with two attached hydrogens (primary N) is 1. The Morgan fingerprint density at radius 2 is 1.96 bits per heavy atom. The lowest BCUT2D eigenvalue weighted by Gasteiger charge is -2.45. The van der Waals surface area contributed by atoms with Gasteiger partial charge in [-0.3, -0.25) is 14.6 Å². The number of rotatable bonds is 2. The Morgan fingerprint density at radius 3 is 2.61 bits per heavy atom. The number of nitrogens with zero attached hydrogens (tertiary/aromatic N) is 4. The van der Waals surface area contributed by atoms with Gasteiger partial charge in [0.1, 0.15) is 17.3 Å². The number of para-hydroxylation sites is 1. The number of carbonyl (C=O) groups is 2. The Hall–Kier alpha value is -3.11. The zero-order valence-electron chi connectivity index (χ0n) is 16.3. The van der Waals surface area contributed by atoms with E-state index in [1.54, 1.807) is 14.9 Å². The van der Waals surface area contributed by atoms with E-state index >= 15 is 0 Å². The summed E-state index contributed by atoms with van der Waals surface area (Å²) in [4.78, 5) is 28.7. The fourth-order valence-electron chi connectivity index (χ4n) is 4.88. The van der Waals surface area contributed by atoms with Crippen molar-refractivity contribution in [3.63, 3.8) is 0 Å². The summed E-state index contributed by atoms with van der Waals surface area (Å²) in [6, 6.07) is 9.59. The number of Topliss-reactive ketones (excluding diaryl/α,β-unsaturated/α-hetero) is 1. The van der Waals surface area contributed by atoms with Crippen LogP contribution in [0.1, 0.15) is 31.7 Å². The number of carbonyl (C=O) groups excluding carboxylic acids is 2. The number of hydrogen-bond acceptors (Lipinski definition) is 6. The highest BCUT2D eigenvalue weighted by atomic mass is 16.2. The van der Waals surface area contributed by atoms with Gasteiger partial charge in [0.25, 0.3) is 0 Å². The minimum absolute atomic E-state index is 0.0885. The van der Waals surface area contributed by atoms with Gasteiger partial charge in [-0.1, -0.05) is 18.2 Å². The summed E-state index contributed by atoms with van der Waals surface area (Å²) >= 11 is 0. The first-order chi connectivity index (χ1) is 13.4. The molecule has 2 N–H and O–H groups in total. The van der Waals surface area contributed by atoms with Crippen molar-refractivity contribution in [2.24, 2.45) is 5.73 Å². The number of hydrazine groups is 1. The fourth-order valence-corrected chi connectivity index (χ4v) is 4.88. The lowest BCUT2D eigenvalue weighted by Crippen LogP contribution is -2.54. The van der Waals surface area contributed by atoms with Crippen LogP contribution < -0.4 is 10.6 Å². The van der Waals surface area contributed by atoms with E-state index in [1.807, 2.05) is 45.3 Å². The highest BCUT2D eigenvalue weighted by Crippen LogP contribution is 2.56. The Morgan fingerprint density at radius 1 is 1.25 bits per heavy atom. The van der Waals surface area contributed by atoms with Crippen LogP contribution in [0.2, 0.25) is 0 Å². The number of allylic oxidation sites excluding steroid dienone is 1. The summed E-state index contributed by atoms with van der Waals surface area (Å²) < 4.78 is 0. The molecule has 0 radical (unpaired) electrons. The molecule has 1 atom stereocenters. The normalized spacial score (nSPS) is 24.2. The van der Waals surface area contributed by atoms with Crippen LogP contribution in [0, 0.1) is 11.3 Å².